The molecule has 168 valence electrons. The van der Waals surface area contributed by atoms with Gasteiger partial charge < -0.3 is 24.6 Å². The van der Waals surface area contributed by atoms with E-state index in [0.717, 1.165) is 56.0 Å². The molecule has 30 heavy (non-hydrogen) atoms. The molecule has 1 aromatic heterocycles. The molecule has 1 unspecified atom stereocenters. The zero-order valence-corrected chi connectivity index (χ0v) is 20.6. The third-order valence-electron chi connectivity index (χ3n) is 4.28. The molecular formula is C21H34IN5O3. The zero-order chi connectivity index (χ0) is 20.9. The van der Waals surface area contributed by atoms with Crippen molar-refractivity contribution in [3.8, 4) is 17.1 Å². The quantitative estimate of drug-likeness (QED) is 0.187. The van der Waals surface area contributed by atoms with E-state index in [1.165, 1.54) is 0 Å². The van der Waals surface area contributed by atoms with Gasteiger partial charge in [0, 0.05) is 38.2 Å². The number of aromatic nitrogens is 2. The first-order chi connectivity index (χ1) is 14.2. The molecule has 0 aliphatic heterocycles. The van der Waals surface area contributed by atoms with E-state index in [-0.39, 0.29) is 30.0 Å². The van der Waals surface area contributed by atoms with Crippen LogP contribution in [0, 0.1) is 0 Å². The van der Waals surface area contributed by atoms with Crippen LogP contribution in [0.2, 0.25) is 0 Å². The van der Waals surface area contributed by atoms with Gasteiger partial charge in [0.1, 0.15) is 5.75 Å². The minimum absolute atomic E-state index is 0. The van der Waals surface area contributed by atoms with E-state index in [4.69, 9.17) is 14.0 Å². The number of nitrogens with zero attached hydrogens (tertiary/aromatic N) is 3. The molecule has 2 aromatic rings. The highest BCUT2D eigenvalue weighted by molar-refractivity contribution is 14.0. The van der Waals surface area contributed by atoms with Crippen molar-refractivity contribution in [3.63, 3.8) is 0 Å². The number of ether oxygens (including phenoxy) is 2. The number of benzene rings is 1. The normalized spacial score (nSPS) is 12.2. The summed E-state index contributed by atoms with van der Waals surface area (Å²) in [5, 5.41) is 10.7. The molecule has 2 N–H and O–H groups in total. The van der Waals surface area contributed by atoms with Crippen LogP contribution in [-0.2, 0) is 11.2 Å². The molecule has 0 amide bonds. The van der Waals surface area contributed by atoms with Gasteiger partial charge in [-0.15, -0.1) is 24.0 Å². The highest BCUT2D eigenvalue weighted by atomic mass is 127. The lowest BCUT2D eigenvalue weighted by Gasteiger charge is -2.16. The van der Waals surface area contributed by atoms with Gasteiger partial charge in [0.15, 0.2) is 5.96 Å². The lowest BCUT2D eigenvalue weighted by atomic mass is 10.2. The number of nitrogens with one attached hydrogen (secondary N) is 2. The van der Waals surface area contributed by atoms with Crippen LogP contribution in [0.1, 0.15) is 39.0 Å². The number of guanidine groups is 1. The number of halogens is 1. The van der Waals surface area contributed by atoms with Crippen molar-refractivity contribution >= 4 is 29.9 Å². The third-order valence-corrected chi connectivity index (χ3v) is 4.28. The van der Waals surface area contributed by atoms with Gasteiger partial charge in [0.25, 0.3) is 0 Å². The fraction of sp³-hybridized carbons (Fsp3) is 0.571. The van der Waals surface area contributed by atoms with Crippen molar-refractivity contribution in [1.29, 1.82) is 0 Å². The maximum absolute atomic E-state index is 5.37. The molecule has 1 atom stereocenters. The van der Waals surface area contributed by atoms with Crippen LogP contribution in [0.4, 0.5) is 0 Å². The molecular weight excluding hydrogens is 497 g/mol. The van der Waals surface area contributed by atoms with Crippen molar-refractivity contribution < 1.29 is 14.0 Å². The largest absolute Gasteiger partial charge is 0.497 e. The van der Waals surface area contributed by atoms with E-state index in [9.17, 15) is 0 Å². The van der Waals surface area contributed by atoms with Crippen LogP contribution in [0.15, 0.2) is 33.8 Å². The number of aliphatic imine (C=N–C) groups is 1. The lowest BCUT2D eigenvalue weighted by molar-refractivity contribution is 0.179. The topological polar surface area (TPSA) is 93.8 Å². The molecule has 0 saturated carbocycles. The number of methoxy groups -OCH3 is 2. The van der Waals surface area contributed by atoms with Crippen molar-refractivity contribution in [1.82, 2.24) is 20.8 Å². The Morgan fingerprint density at radius 3 is 2.60 bits per heavy atom. The smallest absolute Gasteiger partial charge is 0.226 e. The number of rotatable bonds is 12. The predicted molar refractivity (Wildman–Crippen MR) is 130 cm³/mol. The van der Waals surface area contributed by atoms with E-state index < -0.39 is 0 Å². The fourth-order valence-electron chi connectivity index (χ4n) is 2.81. The summed E-state index contributed by atoms with van der Waals surface area (Å²) in [6.45, 7) is 6.38. The van der Waals surface area contributed by atoms with Gasteiger partial charge in [-0.1, -0.05) is 11.6 Å². The highest BCUT2D eigenvalue weighted by Gasteiger charge is 2.09. The molecule has 9 heteroatoms. The molecule has 2 rings (SSSR count). The summed E-state index contributed by atoms with van der Waals surface area (Å²) in [7, 11) is 3.35. The first kappa shape index (κ1) is 26.2. The van der Waals surface area contributed by atoms with Crippen LogP contribution < -0.4 is 15.4 Å². The van der Waals surface area contributed by atoms with E-state index >= 15 is 0 Å². The van der Waals surface area contributed by atoms with E-state index in [1.807, 2.05) is 24.3 Å². The Morgan fingerprint density at radius 2 is 1.93 bits per heavy atom. The third kappa shape index (κ3) is 9.29. The summed E-state index contributed by atoms with van der Waals surface area (Å²) in [6.07, 6.45) is 3.82. The maximum atomic E-state index is 5.37. The first-order valence-electron chi connectivity index (χ1n) is 10.2. The Morgan fingerprint density at radius 1 is 1.17 bits per heavy atom. The molecule has 0 radical (unpaired) electrons. The van der Waals surface area contributed by atoms with Gasteiger partial charge in [-0.25, -0.2) is 0 Å². The second-order valence-electron chi connectivity index (χ2n) is 6.81. The van der Waals surface area contributed by atoms with Gasteiger partial charge in [0.05, 0.1) is 13.7 Å². The van der Waals surface area contributed by atoms with Crippen molar-refractivity contribution in [3.05, 3.63) is 30.2 Å². The minimum atomic E-state index is 0. The zero-order valence-electron chi connectivity index (χ0n) is 18.3. The molecule has 0 aliphatic carbocycles. The second-order valence-corrected chi connectivity index (χ2v) is 6.81. The Balaban J connectivity index is 0.00000450. The Hall–Kier alpha value is -1.88. The molecule has 1 aromatic carbocycles. The average Bonchev–Trinajstić information content (AvgIpc) is 3.20. The van der Waals surface area contributed by atoms with Crippen LogP contribution in [0.3, 0.4) is 0 Å². The summed E-state index contributed by atoms with van der Waals surface area (Å²) in [5.74, 6) is 2.92. The molecule has 1 heterocycles. The molecule has 0 spiro atoms. The van der Waals surface area contributed by atoms with Crippen LogP contribution in [0.5, 0.6) is 5.75 Å². The van der Waals surface area contributed by atoms with E-state index in [0.29, 0.717) is 18.3 Å². The van der Waals surface area contributed by atoms with Crippen molar-refractivity contribution in [2.24, 2.45) is 4.99 Å². The molecule has 0 bridgehead atoms. The van der Waals surface area contributed by atoms with E-state index in [2.05, 4.69) is 39.6 Å². The average molecular weight is 531 g/mol. The SMILES string of the molecule is CCNC(=NCCCCCc1nc(-c2ccc(OC)cc2)no1)NC(C)COC.I. The summed E-state index contributed by atoms with van der Waals surface area (Å²) >= 11 is 0. The van der Waals surface area contributed by atoms with Gasteiger partial charge >= 0.3 is 0 Å². The summed E-state index contributed by atoms with van der Waals surface area (Å²) < 4.78 is 15.7. The second kappa shape index (κ2) is 15.0. The standard InChI is InChI=1S/C21H33N5O3.HI/c1-5-22-21(24-16(2)15-27-3)23-14-8-6-7-9-19-25-20(26-29-19)17-10-12-18(28-4)13-11-17;/h10-13,16H,5-9,14-15H2,1-4H3,(H2,22,23,24);1H. The Kier molecular flexibility index (Phi) is 13.1. The van der Waals surface area contributed by atoms with Gasteiger partial charge in [-0.3, -0.25) is 4.99 Å². The predicted octanol–water partition coefficient (Wildman–Crippen LogP) is 3.67. The molecule has 0 saturated heterocycles. The van der Waals surface area contributed by atoms with Gasteiger partial charge in [-0.05, 0) is 51.0 Å². The first-order valence-corrected chi connectivity index (χ1v) is 10.2. The minimum Gasteiger partial charge on any atom is -0.497 e. The monoisotopic (exact) mass is 531 g/mol. The summed E-state index contributed by atoms with van der Waals surface area (Å²) in [6, 6.07) is 7.84. The van der Waals surface area contributed by atoms with Gasteiger partial charge in [-0.2, -0.15) is 4.98 Å². The Labute approximate surface area is 196 Å². The lowest BCUT2D eigenvalue weighted by Crippen LogP contribution is -2.44. The Bertz CT molecular complexity index is 736. The summed E-state index contributed by atoms with van der Waals surface area (Å²) in [5.41, 5.74) is 0.918. The number of aryl methyl sites for hydroxylation is 1. The molecule has 0 aliphatic rings. The van der Waals surface area contributed by atoms with Gasteiger partial charge in [0.2, 0.25) is 11.7 Å². The summed E-state index contributed by atoms with van der Waals surface area (Å²) in [4.78, 5) is 9.09. The van der Waals surface area contributed by atoms with Crippen molar-refractivity contribution in [2.45, 2.75) is 45.6 Å². The van der Waals surface area contributed by atoms with Crippen LogP contribution >= 0.6 is 24.0 Å². The fourth-order valence-corrected chi connectivity index (χ4v) is 2.81. The highest BCUT2D eigenvalue weighted by Crippen LogP contribution is 2.20. The molecule has 0 fully saturated rings. The maximum Gasteiger partial charge on any atom is 0.226 e. The van der Waals surface area contributed by atoms with E-state index in [1.54, 1.807) is 14.2 Å². The number of hydrogen-bond acceptors (Lipinski definition) is 6. The van der Waals surface area contributed by atoms with Crippen LogP contribution in [-0.4, -0.2) is 56.1 Å². The number of hydrogen-bond donors (Lipinski definition) is 2. The molecule has 8 nitrogen and oxygen atoms in total. The van der Waals surface area contributed by atoms with Crippen molar-refractivity contribution in [2.75, 3.05) is 33.9 Å². The van der Waals surface area contributed by atoms with Crippen LogP contribution in [0.25, 0.3) is 11.4 Å². The number of unbranched alkanes of at least 4 members (excludes halogenated alkanes) is 2.